The lowest BCUT2D eigenvalue weighted by Gasteiger charge is -2.09. The second kappa shape index (κ2) is 7.52. The summed E-state index contributed by atoms with van der Waals surface area (Å²) < 4.78 is 7.32. The predicted molar refractivity (Wildman–Crippen MR) is 112 cm³/mol. The van der Waals surface area contributed by atoms with Gasteiger partial charge in [0, 0.05) is 23.2 Å². The van der Waals surface area contributed by atoms with E-state index in [-0.39, 0.29) is 5.56 Å². The topological polar surface area (TPSA) is 59.9 Å². The number of ether oxygens (including phenoxy) is 1. The van der Waals surface area contributed by atoms with Crippen LogP contribution in [0.5, 0.6) is 5.75 Å². The molecule has 2 aromatic carbocycles. The fourth-order valence-electron chi connectivity index (χ4n) is 2.95. The van der Waals surface area contributed by atoms with Gasteiger partial charge in [-0.1, -0.05) is 37.6 Å². The van der Waals surface area contributed by atoms with Gasteiger partial charge in [-0.2, -0.15) is 0 Å². The maximum atomic E-state index is 12.6. The number of halogens is 1. The Morgan fingerprint density at radius 2 is 1.89 bits per heavy atom. The van der Waals surface area contributed by atoms with E-state index in [1.807, 2.05) is 42.5 Å². The summed E-state index contributed by atoms with van der Waals surface area (Å²) in [5.74, 6) is 1.78. The van der Waals surface area contributed by atoms with Crippen molar-refractivity contribution in [3.05, 3.63) is 87.6 Å². The molecule has 28 heavy (non-hydrogen) atoms. The van der Waals surface area contributed by atoms with Crippen molar-refractivity contribution < 1.29 is 4.74 Å². The Morgan fingerprint density at radius 3 is 2.61 bits per heavy atom. The maximum absolute atomic E-state index is 12.6. The molecular weight excluding hydrogens is 374 g/mol. The fraction of sp³-hybridized carbons (Fsp3) is 0.182. The first kappa shape index (κ1) is 18.3. The molecule has 142 valence electrons. The first-order valence-electron chi connectivity index (χ1n) is 9.09. The zero-order chi connectivity index (χ0) is 19.7. The molecule has 6 heteroatoms. The first-order valence-corrected chi connectivity index (χ1v) is 9.47. The van der Waals surface area contributed by atoms with Crippen molar-refractivity contribution in [3.8, 4) is 11.4 Å². The molecule has 0 spiro atoms. The Morgan fingerprint density at radius 1 is 1.11 bits per heavy atom. The molecule has 1 N–H and O–H groups in total. The minimum Gasteiger partial charge on any atom is -0.489 e. The molecule has 0 fully saturated rings. The third kappa shape index (κ3) is 3.80. The lowest BCUT2D eigenvalue weighted by atomic mass is 10.2. The Bertz CT molecular complexity index is 1180. The summed E-state index contributed by atoms with van der Waals surface area (Å²) in [5.41, 5.74) is 3.41. The first-order chi connectivity index (χ1) is 13.5. The fourth-order valence-corrected chi connectivity index (χ4v) is 3.08. The molecule has 2 heterocycles. The molecule has 0 atom stereocenters. The Balaban J connectivity index is 1.56. The van der Waals surface area contributed by atoms with Crippen molar-refractivity contribution in [2.24, 2.45) is 0 Å². The van der Waals surface area contributed by atoms with Crippen molar-refractivity contribution >= 4 is 22.6 Å². The van der Waals surface area contributed by atoms with Crippen LogP contribution in [-0.2, 0) is 6.61 Å². The lowest BCUT2D eigenvalue weighted by Crippen LogP contribution is -2.16. The van der Waals surface area contributed by atoms with Gasteiger partial charge in [0.2, 0.25) is 0 Å². The third-order valence-electron chi connectivity index (χ3n) is 4.52. The monoisotopic (exact) mass is 393 g/mol. The van der Waals surface area contributed by atoms with E-state index in [1.165, 1.54) is 6.07 Å². The van der Waals surface area contributed by atoms with Crippen LogP contribution in [0.4, 0.5) is 0 Å². The third-order valence-corrected chi connectivity index (χ3v) is 4.77. The van der Waals surface area contributed by atoms with E-state index in [0.29, 0.717) is 23.3 Å². The molecule has 0 unspecified atom stereocenters. The molecule has 0 aliphatic heterocycles. The van der Waals surface area contributed by atoms with Crippen molar-refractivity contribution in [2.45, 2.75) is 26.4 Å². The van der Waals surface area contributed by atoms with Crippen molar-refractivity contribution in [1.82, 2.24) is 14.5 Å². The number of fused-ring (bicyclic) bond motifs is 1. The number of hydrogen-bond donors (Lipinski definition) is 1. The standard InChI is InChI=1S/C22H20ClN3O2/c1-14(2)22-24-19-8-7-17(11-20(19)25-22)26-10-9-18(12-21(26)27)28-13-15-3-5-16(23)6-4-15/h3-12,14H,13H2,1-2H3,(H,24,25). The molecule has 4 rings (SSSR count). The number of pyridine rings is 1. The van der Waals surface area contributed by atoms with Crippen LogP contribution in [0.25, 0.3) is 16.7 Å². The van der Waals surface area contributed by atoms with Gasteiger partial charge in [0.25, 0.3) is 5.56 Å². The molecular formula is C22H20ClN3O2. The van der Waals surface area contributed by atoms with Crippen LogP contribution in [0.1, 0.15) is 31.2 Å². The zero-order valence-corrected chi connectivity index (χ0v) is 16.4. The lowest BCUT2D eigenvalue weighted by molar-refractivity contribution is 0.305. The summed E-state index contributed by atoms with van der Waals surface area (Å²) in [7, 11) is 0. The van der Waals surface area contributed by atoms with Gasteiger partial charge < -0.3 is 9.72 Å². The summed E-state index contributed by atoms with van der Waals surface area (Å²) in [4.78, 5) is 20.5. The average molecular weight is 394 g/mol. The highest BCUT2D eigenvalue weighted by Crippen LogP contribution is 2.20. The van der Waals surface area contributed by atoms with Gasteiger partial charge in [-0.15, -0.1) is 0 Å². The minimum atomic E-state index is -0.156. The summed E-state index contributed by atoms with van der Waals surface area (Å²) in [6.45, 7) is 4.55. The van der Waals surface area contributed by atoms with Crippen molar-refractivity contribution in [2.75, 3.05) is 0 Å². The average Bonchev–Trinajstić information content (AvgIpc) is 3.11. The Labute approximate surface area is 167 Å². The number of H-pyrrole nitrogens is 1. The molecule has 0 bridgehead atoms. The van der Waals surface area contributed by atoms with Crippen molar-refractivity contribution in [1.29, 1.82) is 0 Å². The number of aromatic amines is 1. The molecule has 2 aromatic heterocycles. The highest BCUT2D eigenvalue weighted by Gasteiger charge is 2.09. The van der Waals surface area contributed by atoms with Crippen molar-refractivity contribution in [3.63, 3.8) is 0 Å². The maximum Gasteiger partial charge on any atom is 0.258 e. The second-order valence-corrected chi connectivity index (χ2v) is 7.40. The number of benzene rings is 2. The molecule has 0 aliphatic carbocycles. The molecule has 0 saturated carbocycles. The van der Waals surface area contributed by atoms with Gasteiger partial charge in [0.05, 0.1) is 16.7 Å². The van der Waals surface area contributed by atoms with Crippen LogP contribution < -0.4 is 10.3 Å². The van der Waals surface area contributed by atoms with Gasteiger partial charge in [0.15, 0.2) is 0 Å². The van der Waals surface area contributed by atoms with E-state index >= 15 is 0 Å². The van der Waals surface area contributed by atoms with Crippen LogP contribution in [0.2, 0.25) is 5.02 Å². The highest BCUT2D eigenvalue weighted by atomic mass is 35.5. The molecule has 4 aromatic rings. The van der Waals surface area contributed by atoms with E-state index in [9.17, 15) is 4.79 Å². The smallest absolute Gasteiger partial charge is 0.258 e. The summed E-state index contributed by atoms with van der Waals surface area (Å²) in [5, 5.41) is 0.682. The highest BCUT2D eigenvalue weighted by molar-refractivity contribution is 6.30. The largest absolute Gasteiger partial charge is 0.489 e. The zero-order valence-electron chi connectivity index (χ0n) is 15.6. The number of rotatable bonds is 5. The quantitative estimate of drug-likeness (QED) is 0.515. The summed E-state index contributed by atoms with van der Waals surface area (Å²) in [6.07, 6.45) is 1.72. The van der Waals surface area contributed by atoms with Gasteiger partial charge in [-0.05, 0) is 42.0 Å². The van der Waals surface area contributed by atoms with Gasteiger partial charge in [-0.25, -0.2) is 4.98 Å². The van der Waals surface area contributed by atoms with Crippen LogP contribution in [0.3, 0.4) is 0 Å². The Hall–Kier alpha value is -3.05. The van der Waals surface area contributed by atoms with E-state index in [2.05, 4.69) is 23.8 Å². The molecule has 0 amide bonds. The van der Waals surface area contributed by atoms with Crippen LogP contribution in [0.15, 0.2) is 65.6 Å². The normalized spacial score (nSPS) is 11.3. The molecule has 0 saturated heterocycles. The van der Waals surface area contributed by atoms with Gasteiger partial charge in [0.1, 0.15) is 18.2 Å². The number of aromatic nitrogens is 3. The van der Waals surface area contributed by atoms with E-state index < -0.39 is 0 Å². The van der Waals surface area contributed by atoms with Crippen LogP contribution in [-0.4, -0.2) is 14.5 Å². The number of hydrogen-bond acceptors (Lipinski definition) is 3. The molecule has 0 radical (unpaired) electrons. The number of imidazole rings is 1. The van der Waals surface area contributed by atoms with Crippen LogP contribution in [0, 0.1) is 0 Å². The van der Waals surface area contributed by atoms with E-state index in [1.54, 1.807) is 16.8 Å². The van der Waals surface area contributed by atoms with E-state index in [4.69, 9.17) is 16.3 Å². The summed E-state index contributed by atoms with van der Waals surface area (Å²) in [6, 6.07) is 16.4. The van der Waals surface area contributed by atoms with Crippen LogP contribution >= 0.6 is 11.6 Å². The SMILES string of the molecule is CC(C)c1nc2ccc(-n3ccc(OCc4ccc(Cl)cc4)cc3=O)cc2[nH]1. The number of nitrogens with one attached hydrogen (secondary N) is 1. The molecule has 0 aliphatic rings. The van der Waals surface area contributed by atoms with E-state index in [0.717, 1.165) is 28.1 Å². The van der Waals surface area contributed by atoms with Gasteiger partial charge >= 0.3 is 0 Å². The Kier molecular flexibility index (Phi) is 4.92. The minimum absolute atomic E-state index is 0.156. The predicted octanol–water partition coefficient (Wildman–Crippen LogP) is 5.07. The summed E-state index contributed by atoms with van der Waals surface area (Å²) >= 11 is 5.89. The van der Waals surface area contributed by atoms with Gasteiger partial charge in [-0.3, -0.25) is 9.36 Å². The molecule has 5 nitrogen and oxygen atoms in total. The second-order valence-electron chi connectivity index (χ2n) is 6.96. The number of nitrogens with zero attached hydrogens (tertiary/aromatic N) is 2.